The first kappa shape index (κ1) is 23.7. The van der Waals surface area contributed by atoms with Crippen molar-refractivity contribution in [3.05, 3.63) is 35.9 Å². The number of hydrogen-bond donors (Lipinski definition) is 2. The third-order valence-electron chi connectivity index (χ3n) is 5.33. The number of carboxylic acid groups (broad SMARTS) is 1. The number of piperidine rings is 1. The summed E-state index contributed by atoms with van der Waals surface area (Å²) in [7, 11) is 0. The van der Waals surface area contributed by atoms with E-state index in [4.69, 9.17) is 14.6 Å². The smallest absolute Gasteiger partial charge is 0.410 e. The minimum atomic E-state index is -1.01. The maximum atomic E-state index is 12.3. The van der Waals surface area contributed by atoms with Gasteiger partial charge in [-0.05, 0) is 51.0 Å². The molecule has 1 unspecified atom stereocenters. The number of carbonyl (C=O) groups is 3. The van der Waals surface area contributed by atoms with Crippen molar-refractivity contribution in [3.8, 4) is 0 Å². The van der Waals surface area contributed by atoms with Crippen LogP contribution in [0.15, 0.2) is 30.3 Å². The summed E-state index contributed by atoms with van der Waals surface area (Å²) in [6.07, 6.45) is 2.60. The second-order valence-corrected chi connectivity index (χ2v) is 7.58. The molecule has 1 aromatic rings. The molecule has 0 aliphatic carbocycles. The number of ether oxygens (including phenoxy) is 2. The number of esters is 1. The van der Waals surface area contributed by atoms with Crippen molar-refractivity contribution in [3.63, 3.8) is 0 Å². The molecule has 1 fully saturated rings. The van der Waals surface area contributed by atoms with E-state index in [0.717, 1.165) is 24.8 Å². The zero-order valence-corrected chi connectivity index (χ0v) is 17.7. The number of likely N-dealkylation sites (tertiary alicyclic amines) is 1. The van der Waals surface area contributed by atoms with Crippen LogP contribution in [0.4, 0.5) is 4.79 Å². The summed E-state index contributed by atoms with van der Waals surface area (Å²) >= 11 is 0. The van der Waals surface area contributed by atoms with E-state index in [0.29, 0.717) is 25.4 Å². The second kappa shape index (κ2) is 12.2. The van der Waals surface area contributed by atoms with E-state index in [1.165, 1.54) is 6.92 Å². The normalized spacial score (nSPS) is 16.5. The van der Waals surface area contributed by atoms with E-state index in [-0.39, 0.29) is 19.3 Å². The summed E-state index contributed by atoms with van der Waals surface area (Å²) in [5.74, 6) is -1.07. The first-order valence-corrected chi connectivity index (χ1v) is 10.5. The van der Waals surface area contributed by atoms with E-state index in [1.54, 1.807) is 11.8 Å². The molecular formula is C22H32N2O6. The molecule has 0 spiro atoms. The minimum absolute atomic E-state index is 0.252. The molecule has 1 aromatic carbocycles. The first-order chi connectivity index (χ1) is 14.4. The minimum Gasteiger partial charge on any atom is -0.480 e. The second-order valence-electron chi connectivity index (χ2n) is 7.58. The molecule has 1 amide bonds. The molecule has 1 aliphatic heterocycles. The highest BCUT2D eigenvalue weighted by Crippen LogP contribution is 2.23. The topological polar surface area (TPSA) is 105 Å². The predicted octanol–water partition coefficient (Wildman–Crippen LogP) is 2.81. The van der Waals surface area contributed by atoms with Gasteiger partial charge >= 0.3 is 18.0 Å². The lowest BCUT2D eigenvalue weighted by molar-refractivity contribution is -0.147. The Kier molecular flexibility index (Phi) is 9.60. The number of carboxylic acids is 1. The Morgan fingerprint density at radius 1 is 1.17 bits per heavy atom. The summed E-state index contributed by atoms with van der Waals surface area (Å²) in [5, 5.41) is 11.9. The van der Waals surface area contributed by atoms with Crippen LogP contribution in [0.5, 0.6) is 0 Å². The number of hydrogen-bond acceptors (Lipinski definition) is 6. The molecule has 8 heteroatoms. The summed E-state index contributed by atoms with van der Waals surface area (Å²) in [5.41, 5.74) is 0.953. The quantitative estimate of drug-likeness (QED) is 0.561. The van der Waals surface area contributed by atoms with Crippen LogP contribution in [0, 0.1) is 5.92 Å². The van der Waals surface area contributed by atoms with Crippen LogP contribution in [0.3, 0.4) is 0 Å². The number of nitrogens with one attached hydrogen (secondary N) is 1. The van der Waals surface area contributed by atoms with Crippen LogP contribution in [-0.2, 0) is 25.7 Å². The number of nitrogens with zero attached hydrogens (tertiary/aromatic N) is 1. The summed E-state index contributed by atoms with van der Waals surface area (Å²) in [4.78, 5) is 37.2. The van der Waals surface area contributed by atoms with Gasteiger partial charge in [0, 0.05) is 13.1 Å². The van der Waals surface area contributed by atoms with Crippen LogP contribution in [0.1, 0.15) is 45.1 Å². The molecule has 1 saturated heterocycles. The monoisotopic (exact) mass is 420 g/mol. The van der Waals surface area contributed by atoms with Gasteiger partial charge in [0.05, 0.1) is 6.61 Å². The number of aliphatic carboxylic acids is 1. The van der Waals surface area contributed by atoms with Gasteiger partial charge in [0.2, 0.25) is 0 Å². The molecule has 2 N–H and O–H groups in total. The number of amides is 1. The fourth-order valence-electron chi connectivity index (χ4n) is 3.50. The van der Waals surface area contributed by atoms with Gasteiger partial charge in [-0.25, -0.2) is 4.79 Å². The SMILES string of the molecule is CCOC(=O)C(CCC1CCN(C(=O)OCc2ccccc2)CC1)N[C@@H](C)C(=O)O. The van der Waals surface area contributed by atoms with Crippen molar-refractivity contribution in [2.24, 2.45) is 5.92 Å². The van der Waals surface area contributed by atoms with Crippen molar-refractivity contribution < 1.29 is 29.0 Å². The maximum Gasteiger partial charge on any atom is 0.410 e. The van der Waals surface area contributed by atoms with Crippen molar-refractivity contribution in [2.75, 3.05) is 19.7 Å². The lowest BCUT2D eigenvalue weighted by Gasteiger charge is -2.32. The largest absolute Gasteiger partial charge is 0.480 e. The maximum absolute atomic E-state index is 12.3. The highest BCUT2D eigenvalue weighted by Gasteiger charge is 2.28. The molecule has 8 nitrogen and oxygen atoms in total. The molecule has 166 valence electrons. The third kappa shape index (κ3) is 7.67. The number of carbonyl (C=O) groups excluding carboxylic acids is 2. The van der Waals surface area contributed by atoms with Gasteiger partial charge < -0.3 is 19.5 Å². The molecule has 0 aromatic heterocycles. The number of rotatable bonds is 10. The standard InChI is InChI=1S/C22H32N2O6/c1-3-29-21(27)19(23-16(2)20(25)26)10-9-17-11-13-24(14-12-17)22(28)30-15-18-7-5-4-6-8-18/h4-8,16-17,19,23H,3,9-15H2,1-2H3,(H,25,26)/t16-,19?/m0/s1. The van der Waals surface area contributed by atoms with Crippen LogP contribution in [0.25, 0.3) is 0 Å². The van der Waals surface area contributed by atoms with Gasteiger partial charge in [-0.3, -0.25) is 14.9 Å². The lowest BCUT2D eigenvalue weighted by Crippen LogP contribution is -2.46. The molecule has 1 aliphatic rings. The van der Waals surface area contributed by atoms with E-state index < -0.39 is 24.0 Å². The van der Waals surface area contributed by atoms with Gasteiger partial charge in [0.15, 0.2) is 0 Å². The molecule has 0 saturated carbocycles. The molecule has 30 heavy (non-hydrogen) atoms. The molecule has 2 atom stereocenters. The van der Waals surface area contributed by atoms with Crippen molar-refractivity contribution in [1.82, 2.24) is 10.2 Å². The lowest BCUT2D eigenvalue weighted by atomic mass is 9.90. The van der Waals surface area contributed by atoms with Gasteiger partial charge in [0.25, 0.3) is 0 Å². The van der Waals surface area contributed by atoms with Gasteiger partial charge in [-0.1, -0.05) is 30.3 Å². The Morgan fingerprint density at radius 3 is 2.43 bits per heavy atom. The Morgan fingerprint density at radius 2 is 1.83 bits per heavy atom. The molecule has 1 heterocycles. The summed E-state index contributed by atoms with van der Waals surface area (Å²) in [6, 6.07) is 8.08. The fraction of sp³-hybridized carbons (Fsp3) is 0.591. The average molecular weight is 421 g/mol. The molecule has 2 rings (SSSR count). The zero-order chi connectivity index (χ0) is 21.9. The highest BCUT2D eigenvalue weighted by atomic mass is 16.6. The highest BCUT2D eigenvalue weighted by molar-refractivity contribution is 5.78. The molecule has 0 bridgehead atoms. The van der Waals surface area contributed by atoms with Gasteiger partial charge in [-0.2, -0.15) is 0 Å². The van der Waals surface area contributed by atoms with Crippen molar-refractivity contribution >= 4 is 18.0 Å². The van der Waals surface area contributed by atoms with E-state index in [2.05, 4.69) is 5.32 Å². The van der Waals surface area contributed by atoms with Crippen LogP contribution in [0.2, 0.25) is 0 Å². The van der Waals surface area contributed by atoms with Crippen molar-refractivity contribution in [2.45, 2.75) is 58.2 Å². The van der Waals surface area contributed by atoms with Crippen molar-refractivity contribution in [1.29, 1.82) is 0 Å². The Balaban J connectivity index is 1.75. The van der Waals surface area contributed by atoms with Gasteiger partial charge in [0.1, 0.15) is 18.7 Å². The summed E-state index contributed by atoms with van der Waals surface area (Å²) < 4.78 is 10.5. The first-order valence-electron chi connectivity index (χ1n) is 10.5. The van der Waals surface area contributed by atoms with E-state index in [1.807, 2.05) is 30.3 Å². The van der Waals surface area contributed by atoms with Crippen LogP contribution < -0.4 is 5.32 Å². The Labute approximate surface area is 177 Å². The fourth-order valence-corrected chi connectivity index (χ4v) is 3.50. The zero-order valence-electron chi connectivity index (χ0n) is 17.7. The third-order valence-corrected chi connectivity index (χ3v) is 5.33. The number of benzene rings is 1. The summed E-state index contributed by atoms with van der Waals surface area (Å²) in [6.45, 7) is 4.97. The van der Waals surface area contributed by atoms with E-state index in [9.17, 15) is 14.4 Å². The van der Waals surface area contributed by atoms with E-state index >= 15 is 0 Å². The average Bonchev–Trinajstić information content (AvgIpc) is 2.75. The Hall–Kier alpha value is -2.61. The van der Waals surface area contributed by atoms with Crippen LogP contribution in [-0.4, -0.2) is 59.8 Å². The van der Waals surface area contributed by atoms with Gasteiger partial charge in [-0.15, -0.1) is 0 Å². The molecular weight excluding hydrogens is 388 g/mol. The molecule has 0 radical (unpaired) electrons. The Bertz CT molecular complexity index is 688. The predicted molar refractivity (Wildman–Crippen MR) is 111 cm³/mol. The van der Waals surface area contributed by atoms with Crippen LogP contribution >= 0.6 is 0 Å².